The van der Waals surface area contributed by atoms with E-state index < -0.39 is 17.9 Å². The number of hydrogen-bond donors (Lipinski definition) is 2. The first-order chi connectivity index (χ1) is 15.4. The van der Waals surface area contributed by atoms with Gasteiger partial charge < -0.3 is 30.2 Å². The van der Waals surface area contributed by atoms with Gasteiger partial charge in [-0.3, -0.25) is 9.59 Å². The molecule has 0 fully saturated rings. The number of amides is 3. The summed E-state index contributed by atoms with van der Waals surface area (Å²) in [5, 5.41) is 3.17. The second-order valence-corrected chi connectivity index (χ2v) is 8.03. The number of hydrogen-bond acceptors (Lipinski definition) is 7. The topological polar surface area (TPSA) is 120 Å². The molecule has 0 saturated heterocycles. The van der Waals surface area contributed by atoms with Gasteiger partial charge in [0.15, 0.2) is 11.5 Å². The molecule has 2 aromatic rings. The van der Waals surface area contributed by atoms with Gasteiger partial charge in [-0.15, -0.1) is 11.3 Å². The molecule has 3 rings (SSSR count). The Bertz CT molecular complexity index is 1020. The zero-order chi connectivity index (χ0) is 23.3. The highest BCUT2D eigenvalue weighted by atomic mass is 32.1. The number of benzene rings is 1. The summed E-state index contributed by atoms with van der Waals surface area (Å²) in [4.78, 5) is 39.6. The van der Waals surface area contributed by atoms with Crippen molar-refractivity contribution in [1.82, 2.24) is 4.90 Å². The Kier molecular flexibility index (Phi) is 7.57. The molecule has 2 heterocycles. The fourth-order valence-electron chi connectivity index (χ4n) is 3.49. The molecule has 0 atom stereocenters. The van der Waals surface area contributed by atoms with E-state index in [1.807, 2.05) is 13.8 Å². The van der Waals surface area contributed by atoms with E-state index in [1.165, 1.54) is 11.3 Å². The summed E-state index contributed by atoms with van der Waals surface area (Å²) in [6, 6.07) is 4.90. The summed E-state index contributed by atoms with van der Waals surface area (Å²) >= 11 is 1.24. The average Bonchev–Trinajstić information content (AvgIpc) is 3.12. The normalized spacial score (nSPS) is 12.7. The van der Waals surface area contributed by atoms with Crippen LogP contribution in [0.3, 0.4) is 0 Å². The zero-order valence-electron chi connectivity index (χ0n) is 18.4. The number of thiophene rings is 1. The van der Waals surface area contributed by atoms with Crippen LogP contribution < -0.4 is 20.5 Å². The lowest BCUT2D eigenvalue weighted by Crippen LogP contribution is -2.36. The number of carbonyl (C=O) groups is 3. The molecule has 9 nitrogen and oxygen atoms in total. The van der Waals surface area contributed by atoms with E-state index in [9.17, 15) is 14.4 Å². The van der Waals surface area contributed by atoms with Crippen LogP contribution in [0.4, 0.5) is 9.80 Å². The van der Waals surface area contributed by atoms with Crippen LogP contribution in [0.15, 0.2) is 18.2 Å². The second-order valence-electron chi connectivity index (χ2n) is 6.92. The fourth-order valence-corrected chi connectivity index (χ4v) is 4.75. The van der Waals surface area contributed by atoms with Gasteiger partial charge in [0, 0.05) is 17.0 Å². The lowest BCUT2D eigenvalue weighted by molar-refractivity contribution is 0.0997. The quantitative estimate of drug-likeness (QED) is 0.622. The summed E-state index contributed by atoms with van der Waals surface area (Å²) in [6.45, 7) is 7.34. The molecule has 0 bridgehead atoms. The van der Waals surface area contributed by atoms with E-state index in [1.54, 1.807) is 30.0 Å². The molecule has 3 amide bonds. The van der Waals surface area contributed by atoms with Crippen molar-refractivity contribution in [3.05, 3.63) is 39.8 Å². The highest BCUT2D eigenvalue weighted by Crippen LogP contribution is 2.37. The van der Waals surface area contributed by atoms with Crippen molar-refractivity contribution in [2.45, 2.75) is 33.7 Å². The highest BCUT2D eigenvalue weighted by Gasteiger charge is 2.30. The van der Waals surface area contributed by atoms with Crippen LogP contribution in [-0.2, 0) is 17.7 Å². The lowest BCUT2D eigenvalue weighted by Gasteiger charge is -2.26. The minimum atomic E-state index is -0.621. The van der Waals surface area contributed by atoms with E-state index in [-0.39, 0.29) is 12.2 Å². The molecule has 32 heavy (non-hydrogen) atoms. The lowest BCUT2D eigenvalue weighted by atomic mass is 10.0. The smallest absolute Gasteiger partial charge is 0.410 e. The number of nitrogens with two attached hydrogens (primary N) is 1. The van der Waals surface area contributed by atoms with Gasteiger partial charge in [-0.25, -0.2) is 4.79 Å². The van der Waals surface area contributed by atoms with Gasteiger partial charge >= 0.3 is 6.09 Å². The number of nitrogens with zero attached hydrogens (tertiary/aromatic N) is 1. The number of fused-ring (bicyclic) bond motifs is 1. The summed E-state index contributed by atoms with van der Waals surface area (Å²) in [5.74, 6) is -0.0107. The minimum Gasteiger partial charge on any atom is -0.490 e. The summed E-state index contributed by atoms with van der Waals surface area (Å²) in [6.07, 6.45) is 0.0478. The first kappa shape index (κ1) is 23.4. The Labute approximate surface area is 190 Å². The third-order valence-electron chi connectivity index (χ3n) is 4.86. The van der Waals surface area contributed by atoms with Crippen molar-refractivity contribution in [3.63, 3.8) is 0 Å². The highest BCUT2D eigenvalue weighted by molar-refractivity contribution is 7.17. The molecule has 0 aliphatic carbocycles. The van der Waals surface area contributed by atoms with Crippen LogP contribution in [0.1, 0.15) is 51.9 Å². The summed E-state index contributed by atoms with van der Waals surface area (Å²) in [7, 11) is 0. The predicted molar refractivity (Wildman–Crippen MR) is 121 cm³/mol. The monoisotopic (exact) mass is 461 g/mol. The molecule has 1 aromatic heterocycles. The minimum absolute atomic E-state index is 0.284. The van der Waals surface area contributed by atoms with Crippen molar-refractivity contribution in [3.8, 4) is 11.5 Å². The zero-order valence-corrected chi connectivity index (χ0v) is 19.2. The standard InChI is InChI=1S/C22H27N3O6S/c1-4-29-15-8-7-13(11-16(15)30-5-2)20(27)24-21-18(19(23)26)14-9-10-25(12-17(14)32-21)22(28)31-6-3/h7-8,11H,4-6,9-10,12H2,1-3H3,(H2,23,26)(H,24,27). The molecule has 172 valence electrons. The maximum absolute atomic E-state index is 12.9. The number of rotatable bonds is 8. The van der Waals surface area contributed by atoms with Gasteiger partial charge in [0.1, 0.15) is 5.00 Å². The second kappa shape index (κ2) is 10.4. The number of ether oxygens (including phenoxy) is 3. The number of carbonyl (C=O) groups excluding carboxylic acids is 3. The average molecular weight is 462 g/mol. The van der Waals surface area contributed by atoms with Gasteiger partial charge in [-0.05, 0) is 51.0 Å². The van der Waals surface area contributed by atoms with Crippen LogP contribution in [0.5, 0.6) is 11.5 Å². The molecule has 0 unspecified atom stereocenters. The van der Waals surface area contributed by atoms with Gasteiger partial charge in [-0.1, -0.05) is 0 Å². The molecule has 0 saturated carbocycles. The van der Waals surface area contributed by atoms with Crippen LogP contribution in [-0.4, -0.2) is 49.2 Å². The van der Waals surface area contributed by atoms with Crippen LogP contribution in [0.2, 0.25) is 0 Å². The van der Waals surface area contributed by atoms with Gasteiger partial charge in [0.2, 0.25) is 0 Å². The maximum atomic E-state index is 12.9. The Hall–Kier alpha value is -3.27. The molecule has 10 heteroatoms. The molecular formula is C22H27N3O6S. The predicted octanol–water partition coefficient (Wildman–Crippen LogP) is 3.41. The van der Waals surface area contributed by atoms with E-state index in [4.69, 9.17) is 19.9 Å². The molecule has 0 radical (unpaired) electrons. The Morgan fingerprint density at radius 1 is 1.09 bits per heavy atom. The molecule has 0 spiro atoms. The molecular weight excluding hydrogens is 434 g/mol. The van der Waals surface area contributed by atoms with Crippen molar-refractivity contribution in [1.29, 1.82) is 0 Å². The molecule has 1 aromatic carbocycles. The molecule has 3 N–H and O–H groups in total. The Morgan fingerprint density at radius 3 is 2.47 bits per heavy atom. The maximum Gasteiger partial charge on any atom is 0.410 e. The van der Waals surface area contributed by atoms with Crippen LogP contribution >= 0.6 is 11.3 Å². The Morgan fingerprint density at radius 2 is 1.81 bits per heavy atom. The fraction of sp³-hybridized carbons (Fsp3) is 0.409. The van der Waals surface area contributed by atoms with Crippen LogP contribution in [0.25, 0.3) is 0 Å². The third-order valence-corrected chi connectivity index (χ3v) is 5.99. The van der Waals surface area contributed by atoms with Crippen LogP contribution in [0, 0.1) is 0 Å². The Balaban J connectivity index is 1.86. The number of anilines is 1. The van der Waals surface area contributed by atoms with Crippen molar-refractivity contribution in [2.75, 3.05) is 31.7 Å². The van der Waals surface area contributed by atoms with Gasteiger partial charge in [0.25, 0.3) is 11.8 Å². The van der Waals surface area contributed by atoms with E-state index in [0.29, 0.717) is 54.8 Å². The first-order valence-electron chi connectivity index (χ1n) is 10.5. The largest absolute Gasteiger partial charge is 0.490 e. The molecule has 1 aliphatic rings. The molecule has 1 aliphatic heterocycles. The summed E-state index contributed by atoms with van der Waals surface area (Å²) in [5.41, 5.74) is 7.04. The number of primary amides is 1. The van der Waals surface area contributed by atoms with Crippen molar-refractivity contribution in [2.24, 2.45) is 5.73 Å². The van der Waals surface area contributed by atoms with Gasteiger partial charge in [-0.2, -0.15) is 0 Å². The van der Waals surface area contributed by atoms with E-state index in [2.05, 4.69) is 5.32 Å². The van der Waals surface area contributed by atoms with Gasteiger partial charge in [0.05, 0.1) is 31.9 Å². The van der Waals surface area contributed by atoms with E-state index >= 15 is 0 Å². The van der Waals surface area contributed by atoms with Crippen molar-refractivity contribution >= 4 is 34.2 Å². The van der Waals surface area contributed by atoms with E-state index in [0.717, 1.165) is 10.4 Å². The summed E-state index contributed by atoms with van der Waals surface area (Å²) < 4.78 is 16.2. The first-order valence-corrected chi connectivity index (χ1v) is 11.3. The SMILES string of the molecule is CCOC(=O)N1CCc2c(sc(NC(=O)c3ccc(OCC)c(OCC)c3)c2C(N)=O)C1. The van der Waals surface area contributed by atoms with Crippen molar-refractivity contribution < 1.29 is 28.6 Å². The number of nitrogens with one attached hydrogen (secondary N) is 1. The third kappa shape index (κ3) is 4.96.